The van der Waals surface area contributed by atoms with Crippen LogP contribution in [0.5, 0.6) is 0 Å². The molecule has 2 nitrogen and oxygen atoms in total. The number of rotatable bonds is 8. The van der Waals surface area contributed by atoms with Crippen LogP contribution in [0.25, 0.3) is 0 Å². The summed E-state index contributed by atoms with van der Waals surface area (Å²) >= 11 is 0. The maximum atomic E-state index is 9.88. The molecule has 1 aliphatic rings. The molecular formula is C18H29NO. The number of unbranched alkanes of at least 4 members (excludes halogenated alkanes) is 2. The third-order valence-electron chi connectivity index (χ3n) is 4.26. The highest BCUT2D eigenvalue weighted by Gasteiger charge is 2.09. The quantitative estimate of drug-likeness (QED) is 0.711. The highest BCUT2D eigenvalue weighted by atomic mass is 16.3. The minimum absolute atomic E-state index is 0.195. The molecule has 112 valence electrons. The lowest BCUT2D eigenvalue weighted by Gasteiger charge is -2.17. The molecule has 2 N–H and O–H groups in total. The van der Waals surface area contributed by atoms with E-state index in [9.17, 15) is 5.11 Å². The van der Waals surface area contributed by atoms with E-state index in [2.05, 4.69) is 30.4 Å². The minimum Gasteiger partial charge on any atom is -0.392 e. The van der Waals surface area contributed by atoms with Gasteiger partial charge in [0.15, 0.2) is 0 Å². The van der Waals surface area contributed by atoms with Gasteiger partial charge >= 0.3 is 0 Å². The summed E-state index contributed by atoms with van der Waals surface area (Å²) in [6.07, 6.45) is 9.47. The number of aliphatic hydroxyl groups is 1. The highest BCUT2D eigenvalue weighted by Crippen LogP contribution is 2.22. The molecule has 0 saturated heterocycles. The summed E-state index contributed by atoms with van der Waals surface area (Å²) in [5.74, 6) is 0. The highest BCUT2D eigenvalue weighted by molar-refractivity contribution is 5.33. The zero-order chi connectivity index (χ0) is 14.2. The Balaban J connectivity index is 1.71. The fraction of sp³-hybridized carbons (Fsp3) is 0.667. The van der Waals surface area contributed by atoms with Crippen molar-refractivity contribution in [3.8, 4) is 0 Å². The molecule has 0 fully saturated rings. The molecular weight excluding hydrogens is 246 g/mol. The maximum absolute atomic E-state index is 9.88. The van der Waals surface area contributed by atoms with E-state index in [1.165, 1.54) is 44.1 Å². The average molecular weight is 275 g/mol. The van der Waals surface area contributed by atoms with Crippen molar-refractivity contribution in [2.24, 2.45) is 0 Å². The van der Waals surface area contributed by atoms with Gasteiger partial charge in [-0.25, -0.2) is 0 Å². The molecule has 1 aliphatic carbocycles. The Labute approximate surface area is 123 Å². The summed E-state index contributed by atoms with van der Waals surface area (Å²) in [5, 5.41) is 13.3. The number of aryl methyl sites for hydroxylation is 2. The number of nitrogens with one attached hydrogen (secondary N) is 1. The van der Waals surface area contributed by atoms with Crippen LogP contribution < -0.4 is 5.32 Å². The fourth-order valence-corrected chi connectivity index (χ4v) is 3.01. The number of aliphatic hydroxyl groups excluding tert-OH is 1. The summed E-state index contributed by atoms with van der Waals surface area (Å²) in [5.41, 5.74) is 4.44. The van der Waals surface area contributed by atoms with E-state index in [1.807, 2.05) is 0 Å². The summed E-state index contributed by atoms with van der Waals surface area (Å²) in [6, 6.07) is 6.88. The monoisotopic (exact) mass is 275 g/mol. The van der Waals surface area contributed by atoms with E-state index in [1.54, 1.807) is 11.1 Å². The van der Waals surface area contributed by atoms with Crippen LogP contribution in [-0.2, 0) is 19.4 Å². The second-order valence-corrected chi connectivity index (χ2v) is 6.09. The first-order chi connectivity index (χ1) is 9.79. The molecule has 1 aromatic rings. The predicted molar refractivity (Wildman–Crippen MR) is 84.9 cm³/mol. The van der Waals surface area contributed by atoms with Gasteiger partial charge in [0.05, 0.1) is 6.10 Å². The Kier molecular flexibility index (Phi) is 6.55. The minimum atomic E-state index is -0.195. The second kappa shape index (κ2) is 8.43. The lowest BCUT2D eigenvalue weighted by atomic mass is 9.90. The van der Waals surface area contributed by atoms with Gasteiger partial charge < -0.3 is 10.4 Å². The first-order valence-electron chi connectivity index (χ1n) is 8.29. The number of hydrogen-bond donors (Lipinski definition) is 2. The zero-order valence-corrected chi connectivity index (χ0v) is 12.8. The van der Waals surface area contributed by atoms with Crippen molar-refractivity contribution in [1.29, 1.82) is 0 Å². The van der Waals surface area contributed by atoms with E-state index >= 15 is 0 Å². The molecule has 0 amide bonds. The first-order valence-corrected chi connectivity index (χ1v) is 8.29. The van der Waals surface area contributed by atoms with Gasteiger partial charge in [-0.2, -0.15) is 0 Å². The van der Waals surface area contributed by atoms with Gasteiger partial charge in [0.2, 0.25) is 0 Å². The molecule has 0 saturated carbocycles. The van der Waals surface area contributed by atoms with Crippen LogP contribution in [-0.4, -0.2) is 17.8 Å². The Morgan fingerprint density at radius 3 is 2.75 bits per heavy atom. The van der Waals surface area contributed by atoms with E-state index in [0.29, 0.717) is 6.54 Å². The van der Waals surface area contributed by atoms with Crippen molar-refractivity contribution in [3.05, 3.63) is 34.9 Å². The van der Waals surface area contributed by atoms with Crippen molar-refractivity contribution >= 4 is 0 Å². The molecule has 2 heteroatoms. The molecule has 0 bridgehead atoms. The van der Waals surface area contributed by atoms with E-state index in [4.69, 9.17) is 0 Å². The molecule has 0 heterocycles. The SMILES string of the molecule is CCCCCC(O)CNCc1ccc2c(c1)CCCC2. The van der Waals surface area contributed by atoms with Crippen molar-refractivity contribution in [1.82, 2.24) is 5.32 Å². The van der Waals surface area contributed by atoms with Gasteiger partial charge in [-0.1, -0.05) is 44.4 Å². The van der Waals surface area contributed by atoms with Crippen LogP contribution in [0.15, 0.2) is 18.2 Å². The van der Waals surface area contributed by atoms with Gasteiger partial charge in [0.25, 0.3) is 0 Å². The lowest BCUT2D eigenvalue weighted by molar-refractivity contribution is 0.158. The number of fused-ring (bicyclic) bond motifs is 1. The van der Waals surface area contributed by atoms with Gasteiger partial charge in [0.1, 0.15) is 0 Å². The third kappa shape index (κ3) is 4.92. The molecule has 2 rings (SSSR count). The number of benzene rings is 1. The topological polar surface area (TPSA) is 32.3 Å². The van der Waals surface area contributed by atoms with E-state index in [0.717, 1.165) is 19.4 Å². The van der Waals surface area contributed by atoms with Crippen LogP contribution in [0.3, 0.4) is 0 Å². The van der Waals surface area contributed by atoms with Crippen LogP contribution >= 0.6 is 0 Å². The maximum Gasteiger partial charge on any atom is 0.0664 e. The molecule has 0 aromatic heterocycles. The Morgan fingerprint density at radius 1 is 1.15 bits per heavy atom. The molecule has 1 unspecified atom stereocenters. The molecule has 1 aromatic carbocycles. The fourth-order valence-electron chi connectivity index (χ4n) is 3.01. The van der Waals surface area contributed by atoms with Gasteiger partial charge in [-0.15, -0.1) is 0 Å². The smallest absolute Gasteiger partial charge is 0.0664 e. The largest absolute Gasteiger partial charge is 0.392 e. The van der Waals surface area contributed by atoms with Crippen LogP contribution in [0.2, 0.25) is 0 Å². The summed E-state index contributed by atoms with van der Waals surface area (Å²) < 4.78 is 0. The Hall–Kier alpha value is -0.860. The second-order valence-electron chi connectivity index (χ2n) is 6.09. The molecule has 20 heavy (non-hydrogen) atoms. The third-order valence-corrected chi connectivity index (χ3v) is 4.26. The normalized spacial score (nSPS) is 15.9. The van der Waals surface area contributed by atoms with Crippen LogP contribution in [0.4, 0.5) is 0 Å². The summed E-state index contributed by atoms with van der Waals surface area (Å²) in [7, 11) is 0. The first kappa shape index (κ1) is 15.5. The molecule has 1 atom stereocenters. The summed E-state index contributed by atoms with van der Waals surface area (Å²) in [6.45, 7) is 3.78. The molecule has 0 radical (unpaired) electrons. The lowest BCUT2D eigenvalue weighted by Crippen LogP contribution is -2.26. The molecule has 0 spiro atoms. The Bertz CT molecular complexity index is 402. The zero-order valence-electron chi connectivity index (χ0n) is 12.8. The van der Waals surface area contributed by atoms with E-state index < -0.39 is 0 Å². The average Bonchev–Trinajstić information content (AvgIpc) is 2.47. The van der Waals surface area contributed by atoms with E-state index in [-0.39, 0.29) is 6.10 Å². The van der Waals surface area contributed by atoms with Crippen molar-refractivity contribution < 1.29 is 5.11 Å². The van der Waals surface area contributed by atoms with Gasteiger partial charge in [-0.05, 0) is 48.8 Å². The predicted octanol–water partition coefficient (Wildman–Crippen LogP) is 3.60. The Morgan fingerprint density at radius 2 is 1.95 bits per heavy atom. The molecule has 0 aliphatic heterocycles. The van der Waals surface area contributed by atoms with Crippen LogP contribution in [0, 0.1) is 0 Å². The standard InChI is InChI=1S/C18H29NO/c1-2-3-4-9-18(20)14-19-13-15-10-11-16-7-5-6-8-17(16)12-15/h10-12,18-20H,2-9,13-14H2,1H3. The van der Waals surface area contributed by atoms with Gasteiger partial charge in [-0.3, -0.25) is 0 Å². The van der Waals surface area contributed by atoms with Crippen LogP contribution in [0.1, 0.15) is 62.1 Å². The van der Waals surface area contributed by atoms with Crippen molar-refractivity contribution in [3.63, 3.8) is 0 Å². The summed E-state index contributed by atoms with van der Waals surface area (Å²) in [4.78, 5) is 0. The van der Waals surface area contributed by atoms with Crippen molar-refractivity contribution in [2.75, 3.05) is 6.54 Å². The van der Waals surface area contributed by atoms with Gasteiger partial charge in [0, 0.05) is 13.1 Å². The number of hydrogen-bond acceptors (Lipinski definition) is 2. The van der Waals surface area contributed by atoms with Crippen molar-refractivity contribution in [2.45, 2.75) is 70.9 Å².